The summed E-state index contributed by atoms with van der Waals surface area (Å²) in [6, 6.07) is 11.0. The van der Waals surface area contributed by atoms with E-state index in [0.717, 1.165) is 18.4 Å². The van der Waals surface area contributed by atoms with E-state index in [9.17, 15) is 9.90 Å². The molecule has 0 saturated heterocycles. The predicted octanol–water partition coefficient (Wildman–Crippen LogP) is 4.96. The number of aliphatic carboxylic acids is 1. The van der Waals surface area contributed by atoms with Crippen LogP contribution in [0.25, 0.3) is 6.08 Å². The van der Waals surface area contributed by atoms with Crippen LogP contribution in [-0.4, -0.2) is 65.1 Å². The summed E-state index contributed by atoms with van der Waals surface area (Å²) in [7, 11) is 3.20. The fourth-order valence-electron chi connectivity index (χ4n) is 3.22. The van der Waals surface area contributed by atoms with Gasteiger partial charge in [0.15, 0.2) is 29.8 Å². The van der Waals surface area contributed by atoms with Crippen molar-refractivity contribution >= 4 is 12.0 Å². The molecule has 0 atom stereocenters. The molecule has 9 nitrogen and oxygen atoms in total. The highest BCUT2D eigenvalue weighted by molar-refractivity contribution is 5.90. The number of unbranched alkanes of at least 4 members (excludes halogenated alkanes) is 1. The molecule has 2 aromatic rings. The van der Waals surface area contributed by atoms with Crippen molar-refractivity contribution in [1.29, 1.82) is 0 Å². The first-order chi connectivity index (χ1) is 18.0. The molecule has 2 aromatic carbocycles. The molecule has 0 bridgehead atoms. The van der Waals surface area contributed by atoms with Crippen LogP contribution in [0.4, 0.5) is 0 Å². The van der Waals surface area contributed by atoms with Gasteiger partial charge in [-0.05, 0) is 54.8 Å². The maximum absolute atomic E-state index is 11.4. The molecule has 2 rings (SSSR count). The second-order valence-electron chi connectivity index (χ2n) is 7.90. The van der Waals surface area contributed by atoms with Gasteiger partial charge in [0.1, 0.15) is 0 Å². The summed E-state index contributed by atoms with van der Waals surface area (Å²) in [5.74, 6) is 1.09. The van der Waals surface area contributed by atoms with Gasteiger partial charge in [-0.1, -0.05) is 25.5 Å². The van der Waals surface area contributed by atoms with Gasteiger partial charge in [-0.15, -0.1) is 0 Å². The first kappa shape index (κ1) is 29.8. The van der Waals surface area contributed by atoms with E-state index in [2.05, 4.69) is 6.92 Å². The fraction of sp³-hybridized carbons (Fsp3) is 0.464. The van der Waals surface area contributed by atoms with Gasteiger partial charge in [-0.2, -0.15) is 0 Å². The van der Waals surface area contributed by atoms with Gasteiger partial charge in [-0.3, -0.25) is 0 Å². The summed E-state index contributed by atoms with van der Waals surface area (Å²) in [6.45, 7) is 6.07. The lowest BCUT2D eigenvalue weighted by atomic mass is 10.1. The molecular formula is C28H38O9. The molecule has 0 aliphatic heterocycles. The molecule has 1 N–H and O–H groups in total. The Morgan fingerprint density at radius 3 is 2.32 bits per heavy atom. The molecule has 0 aliphatic rings. The molecule has 0 radical (unpaired) electrons. The molecule has 9 heteroatoms. The largest absolute Gasteiger partial charge is 0.493 e. The number of carboxylic acids is 1. The van der Waals surface area contributed by atoms with Gasteiger partial charge in [0.25, 0.3) is 0 Å². The number of rotatable bonds is 19. The van der Waals surface area contributed by atoms with Gasteiger partial charge >= 0.3 is 5.97 Å². The minimum absolute atomic E-state index is 0.104. The number of carboxylic acid groups (broad SMARTS) is 1. The Hall–Kier alpha value is -3.43. The molecule has 0 spiro atoms. The normalized spacial score (nSPS) is 11.2. The first-order valence-corrected chi connectivity index (χ1v) is 12.4. The highest BCUT2D eigenvalue weighted by atomic mass is 16.7. The molecule has 0 unspecified atom stereocenters. The molecule has 0 fully saturated rings. The van der Waals surface area contributed by atoms with Crippen molar-refractivity contribution in [3.05, 3.63) is 53.3 Å². The van der Waals surface area contributed by atoms with E-state index in [4.69, 9.17) is 33.2 Å². The number of hydrogen-bond donors (Lipinski definition) is 1. The van der Waals surface area contributed by atoms with Crippen molar-refractivity contribution in [3.63, 3.8) is 0 Å². The highest BCUT2D eigenvalue weighted by Gasteiger charge is 2.12. The number of hydrogen-bond acceptors (Lipinski definition) is 8. The molecule has 37 heavy (non-hydrogen) atoms. The molecule has 0 heterocycles. The Morgan fingerprint density at radius 2 is 1.62 bits per heavy atom. The van der Waals surface area contributed by atoms with Crippen LogP contribution in [0.5, 0.6) is 23.0 Å². The molecule has 204 valence electrons. The minimum atomic E-state index is -1.12. The van der Waals surface area contributed by atoms with Crippen LogP contribution in [0.3, 0.4) is 0 Å². The standard InChI is InChI=1S/C28H38O9/c1-5-7-13-35-26-18-22(19-27(28(29)30)34-6-2)9-11-24(26)36-14-12-21-8-10-23(25(17-21)32-4)37-20-33-16-15-31-3/h8-11,17-19H,5-7,12-16,20H2,1-4H3,(H,29,30)/b27-19-. The molecule has 0 aliphatic carbocycles. The summed E-state index contributed by atoms with van der Waals surface area (Å²) in [5.41, 5.74) is 1.66. The summed E-state index contributed by atoms with van der Waals surface area (Å²) < 4.78 is 38.6. The van der Waals surface area contributed by atoms with E-state index >= 15 is 0 Å². The van der Waals surface area contributed by atoms with Crippen molar-refractivity contribution in [3.8, 4) is 23.0 Å². The van der Waals surface area contributed by atoms with E-state index in [0.29, 0.717) is 61.4 Å². The van der Waals surface area contributed by atoms with Crippen molar-refractivity contribution in [1.82, 2.24) is 0 Å². The van der Waals surface area contributed by atoms with Crippen molar-refractivity contribution in [2.24, 2.45) is 0 Å². The van der Waals surface area contributed by atoms with Crippen LogP contribution >= 0.6 is 0 Å². The second-order valence-corrected chi connectivity index (χ2v) is 7.90. The minimum Gasteiger partial charge on any atom is -0.493 e. The zero-order valence-electron chi connectivity index (χ0n) is 22.1. The van der Waals surface area contributed by atoms with Crippen molar-refractivity contribution in [2.75, 3.05) is 54.0 Å². The Kier molecular flexibility index (Phi) is 13.8. The SMILES string of the molecule is CCCCOc1cc(/C=C(\OCC)C(=O)O)ccc1OCCc1ccc(OCOCCOC)c(OC)c1. The molecular weight excluding hydrogens is 480 g/mol. The van der Waals surface area contributed by atoms with Crippen LogP contribution < -0.4 is 18.9 Å². The number of benzene rings is 2. The second kappa shape index (κ2) is 17.1. The van der Waals surface area contributed by atoms with E-state index in [-0.39, 0.29) is 19.2 Å². The van der Waals surface area contributed by atoms with Gasteiger partial charge < -0.3 is 38.3 Å². The summed E-state index contributed by atoms with van der Waals surface area (Å²) in [5, 5.41) is 9.34. The Balaban J connectivity index is 2.05. The maximum atomic E-state index is 11.4. The first-order valence-electron chi connectivity index (χ1n) is 12.4. The van der Waals surface area contributed by atoms with Gasteiger partial charge in [-0.25, -0.2) is 4.79 Å². The lowest BCUT2D eigenvalue weighted by Gasteiger charge is -2.15. The van der Waals surface area contributed by atoms with Crippen LogP contribution in [0.15, 0.2) is 42.2 Å². The predicted molar refractivity (Wildman–Crippen MR) is 140 cm³/mol. The Morgan fingerprint density at radius 1 is 0.865 bits per heavy atom. The van der Waals surface area contributed by atoms with E-state index in [1.54, 1.807) is 39.3 Å². The topological polar surface area (TPSA) is 102 Å². The number of methoxy groups -OCH3 is 2. The lowest BCUT2D eigenvalue weighted by molar-refractivity contribution is -0.136. The molecule has 0 saturated carbocycles. The monoisotopic (exact) mass is 518 g/mol. The lowest BCUT2D eigenvalue weighted by Crippen LogP contribution is -2.08. The fourth-order valence-corrected chi connectivity index (χ4v) is 3.22. The smallest absolute Gasteiger partial charge is 0.371 e. The third kappa shape index (κ3) is 10.6. The van der Waals surface area contributed by atoms with Crippen molar-refractivity contribution < 1.29 is 43.1 Å². The van der Waals surface area contributed by atoms with Crippen LogP contribution in [0, 0.1) is 0 Å². The van der Waals surface area contributed by atoms with Gasteiger partial charge in [0.2, 0.25) is 5.76 Å². The van der Waals surface area contributed by atoms with Gasteiger partial charge in [0, 0.05) is 13.5 Å². The summed E-state index contributed by atoms with van der Waals surface area (Å²) >= 11 is 0. The van der Waals surface area contributed by atoms with Crippen molar-refractivity contribution in [2.45, 2.75) is 33.1 Å². The van der Waals surface area contributed by atoms with Gasteiger partial charge in [0.05, 0.1) is 40.1 Å². The maximum Gasteiger partial charge on any atom is 0.371 e. The summed E-state index contributed by atoms with van der Waals surface area (Å²) in [4.78, 5) is 11.4. The average molecular weight is 519 g/mol. The zero-order valence-corrected chi connectivity index (χ0v) is 22.1. The van der Waals surface area contributed by atoms with E-state index < -0.39 is 5.97 Å². The Labute approximate surface area is 218 Å². The zero-order chi connectivity index (χ0) is 26.9. The third-order valence-corrected chi connectivity index (χ3v) is 5.14. The van der Waals surface area contributed by atoms with E-state index in [1.807, 2.05) is 18.2 Å². The van der Waals surface area contributed by atoms with Crippen LogP contribution in [-0.2, 0) is 25.4 Å². The average Bonchev–Trinajstić information content (AvgIpc) is 2.90. The van der Waals surface area contributed by atoms with Crippen LogP contribution in [0.2, 0.25) is 0 Å². The number of carbonyl (C=O) groups is 1. The number of ether oxygens (including phenoxy) is 7. The summed E-state index contributed by atoms with van der Waals surface area (Å²) in [6.07, 6.45) is 3.99. The van der Waals surface area contributed by atoms with Crippen LogP contribution in [0.1, 0.15) is 37.8 Å². The highest BCUT2D eigenvalue weighted by Crippen LogP contribution is 2.31. The Bertz CT molecular complexity index is 988. The molecule has 0 aromatic heterocycles. The van der Waals surface area contributed by atoms with E-state index in [1.165, 1.54) is 6.08 Å². The quantitative estimate of drug-likeness (QED) is 0.120. The third-order valence-electron chi connectivity index (χ3n) is 5.14. The molecule has 0 amide bonds.